The molecule has 0 aliphatic heterocycles. The Morgan fingerprint density at radius 2 is 1.81 bits per heavy atom. The fraction of sp³-hybridized carbons (Fsp3) is 0.364. The van der Waals surface area contributed by atoms with Crippen LogP contribution in [0.25, 0.3) is 0 Å². The van der Waals surface area contributed by atoms with Crippen LogP contribution in [-0.2, 0) is 0 Å². The summed E-state index contributed by atoms with van der Waals surface area (Å²) < 4.78 is 12.8. The maximum Gasteiger partial charge on any atom is 0.171 e. The van der Waals surface area contributed by atoms with Gasteiger partial charge in [-0.3, -0.25) is 4.79 Å². The molecule has 5 heteroatoms. The summed E-state index contributed by atoms with van der Waals surface area (Å²) in [6.45, 7) is 1.19. The summed E-state index contributed by atoms with van der Waals surface area (Å²) in [5.74, 6) is 1.20. The van der Waals surface area contributed by atoms with Crippen molar-refractivity contribution in [3.63, 3.8) is 0 Å². The van der Waals surface area contributed by atoms with Crippen molar-refractivity contribution in [3.8, 4) is 11.5 Å². The fourth-order valence-corrected chi connectivity index (χ4v) is 1.62. The van der Waals surface area contributed by atoms with Crippen molar-refractivity contribution in [2.75, 3.05) is 22.1 Å². The maximum atomic E-state index is 10.9. The molecule has 3 nitrogen and oxygen atoms in total. The lowest BCUT2D eigenvalue weighted by atomic mass is 10.2. The van der Waals surface area contributed by atoms with Gasteiger partial charge in [0.05, 0.1) is 18.8 Å². The normalized spacial score (nSPS) is 9.88. The highest BCUT2D eigenvalue weighted by atomic mass is 127. The van der Waals surface area contributed by atoms with Gasteiger partial charge in [-0.15, -0.1) is 0 Å². The minimum absolute atomic E-state index is 0.538. The van der Waals surface area contributed by atoms with Crippen molar-refractivity contribution in [1.29, 1.82) is 0 Å². The van der Waals surface area contributed by atoms with Crippen LogP contribution < -0.4 is 9.47 Å². The van der Waals surface area contributed by atoms with Gasteiger partial charge in [-0.1, -0.05) is 51.2 Å². The summed E-state index contributed by atoms with van der Waals surface area (Å²) in [6.07, 6.45) is 0.791. The predicted octanol–water partition coefficient (Wildman–Crippen LogP) is 3.13. The van der Waals surface area contributed by atoms with E-state index in [1.807, 2.05) is 6.07 Å². The Morgan fingerprint density at radius 1 is 1.12 bits per heavy atom. The largest absolute Gasteiger partial charge is 0.489 e. The highest BCUT2D eigenvalue weighted by molar-refractivity contribution is 14.1. The van der Waals surface area contributed by atoms with E-state index in [0.29, 0.717) is 30.3 Å². The number of carbonyl (C=O) groups is 1. The van der Waals surface area contributed by atoms with E-state index < -0.39 is 0 Å². The number of alkyl halides is 2. The summed E-state index contributed by atoms with van der Waals surface area (Å²) in [7, 11) is 0. The number of benzene rings is 1. The van der Waals surface area contributed by atoms with Gasteiger partial charge >= 0.3 is 0 Å². The van der Waals surface area contributed by atoms with Gasteiger partial charge in [0.15, 0.2) is 17.8 Å². The number of hydrogen-bond acceptors (Lipinski definition) is 3. The molecule has 1 aromatic rings. The van der Waals surface area contributed by atoms with E-state index in [1.165, 1.54) is 0 Å². The SMILES string of the molecule is O=Cc1cccc(OCCI)c1OCCI. The first-order valence-electron chi connectivity index (χ1n) is 4.79. The summed E-state index contributed by atoms with van der Waals surface area (Å²) >= 11 is 4.46. The zero-order chi connectivity index (χ0) is 11.8. The molecule has 0 atom stereocenters. The Hall–Kier alpha value is -0.0500. The van der Waals surface area contributed by atoms with E-state index in [-0.39, 0.29) is 0 Å². The lowest BCUT2D eigenvalue weighted by Crippen LogP contribution is -2.05. The Bertz CT molecular complexity index is 342. The van der Waals surface area contributed by atoms with Crippen molar-refractivity contribution >= 4 is 51.5 Å². The average molecular weight is 446 g/mol. The van der Waals surface area contributed by atoms with Crippen LogP contribution in [0, 0.1) is 0 Å². The van der Waals surface area contributed by atoms with E-state index in [2.05, 4.69) is 45.2 Å². The smallest absolute Gasteiger partial charge is 0.171 e. The minimum atomic E-state index is 0.538. The molecule has 0 N–H and O–H groups in total. The number of carbonyl (C=O) groups excluding carboxylic acids is 1. The van der Waals surface area contributed by atoms with E-state index in [1.54, 1.807) is 12.1 Å². The molecule has 0 heterocycles. The first kappa shape index (κ1) is 14.0. The molecule has 0 saturated carbocycles. The van der Waals surface area contributed by atoms with Crippen molar-refractivity contribution in [2.45, 2.75) is 0 Å². The van der Waals surface area contributed by atoms with Gasteiger partial charge in [0.2, 0.25) is 0 Å². The van der Waals surface area contributed by atoms with Crippen molar-refractivity contribution in [1.82, 2.24) is 0 Å². The number of hydrogen-bond donors (Lipinski definition) is 0. The lowest BCUT2D eigenvalue weighted by molar-refractivity contribution is 0.111. The van der Waals surface area contributed by atoms with Crippen LogP contribution in [0.3, 0.4) is 0 Å². The summed E-state index contributed by atoms with van der Waals surface area (Å²) in [5.41, 5.74) is 0.538. The molecule has 0 amide bonds. The summed E-state index contributed by atoms with van der Waals surface area (Å²) in [5, 5.41) is 0. The van der Waals surface area contributed by atoms with Gasteiger partial charge in [0, 0.05) is 8.86 Å². The zero-order valence-electron chi connectivity index (χ0n) is 8.62. The monoisotopic (exact) mass is 446 g/mol. The molecule has 0 aromatic heterocycles. The van der Waals surface area contributed by atoms with Gasteiger partial charge in [-0.25, -0.2) is 0 Å². The summed E-state index contributed by atoms with van der Waals surface area (Å²) in [4.78, 5) is 10.9. The first-order valence-corrected chi connectivity index (χ1v) is 7.84. The molecule has 0 unspecified atom stereocenters. The molecule has 88 valence electrons. The summed E-state index contributed by atoms with van der Waals surface area (Å²) in [6, 6.07) is 5.34. The van der Waals surface area contributed by atoms with Crippen molar-refractivity contribution in [2.24, 2.45) is 0 Å². The molecule has 1 rings (SSSR count). The molecule has 0 spiro atoms. The molecule has 1 aromatic carbocycles. The van der Waals surface area contributed by atoms with Crippen LogP contribution in [0.5, 0.6) is 11.5 Å². The topological polar surface area (TPSA) is 35.5 Å². The number of aldehydes is 1. The molecule has 0 aliphatic rings. The second-order valence-corrected chi connectivity index (χ2v) is 5.02. The van der Waals surface area contributed by atoms with Crippen LogP contribution in [0.1, 0.15) is 10.4 Å². The molecule has 0 bridgehead atoms. The second kappa shape index (κ2) is 8.10. The number of halogens is 2. The standard InChI is InChI=1S/C11H12I2O3/c12-4-6-15-10-3-1-2-9(8-14)11(10)16-7-5-13/h1-3,8H,4-7H2. The Kier molecular flexibility index (Phi) is 7.10. The van der Waals surface area contributed by atoms with E-state index >= 15 is 0 Å². The van der Waals surface area contributed by atoms with E-state index in [0.717, 1.165) is 15.1 Å². The molecule has 0 fully saturated rings. The third kappa shape index (κ3) is 4.08. The van der Waals surface area contributed by atoms with E-state index in [4.69, 9.17) is 9.47 Å². The van der Waals surface area contributed by atoms with Crippen LogP contribution >= 0.6 is 45.2 Å². The third-order valence-electron chi connectivity index (χ3n) is 1.79. The van der Waals surface area contributed by atoms with Crippen molar-refractivity contribution in [3.05, 3.63) is 23.8 Å². The van der Waals surface area contributed by atoms with Gasteiger partial charge in [-0.05, 0) is 12.1 Å². The predicted molar refractivity (Wildman–Crippen MR) is 80.6 cm³/mol. The van der Waals surface area contributed by atoms with Gasteiger partial charge in [0.1, 0.15) is 0 Å². The number of ether oxygens (including phenoxy) is 2. The molecule has 0 saturated heterocycles. The highest BCUT2D eigenvalue weighted by Crippen LogP contribution is 2.30. The quantitative estimate of drug-likeness (QED) is 0.367. The second-order valence-electron chi connectivity index (χ2n) is 2.87. The number of rotatable bonds is 7. The van der Waals surface area contributed by atoms with Crippen molar-refractivity contribution < 1.29 is 14.3 Å². The number of para-hydroxylation sites is 1. The van der Waals surface area contributed by atoms with Gasteiger partial charge in [-0.2, -0.15) is 0 Å². The fourth-order valence-electron chi connectivity index (χ4n) is 1.18. The highest BCUT2D eigenvalue weighted by Gasteiger charge is 2.10. The molecular weight excluding hydrogens is 434 g/mol. The lowest BCUT2D eigenvalue weighted by Gasteiger charge is -2.13. The van der Waals surface area contributed by atoms with Crippen LogP contribution in [-0.4, -0.2) is 28.4 Å². The van der Waals surface area contributed by atoms with Gasteiger partial charge < -0.3 is 9.47 Å². The van der Waals surface area contributed by atoms with Crippen LogP contribution in [0.4, 0.5) is 0 Å². The Morgan fingerprint density at radius 3 is 2.44 bits per heavy atom. The Balaban J connectivity index is 2.90. The molecular formula is C11H12I2O3. The first-order chi connectivity index (χ1) is 7.83. The average Bonchev–Trinajstić information content (AvgIpc) is 2.33. The maximum absolute atomic E-state index is 10.9. The molecule has 16 heavy (non-hydrogen) atoms. The van der Waals surface area contributed by atoms with Crippen LogP contribution in [0.2, 0.25) is 0 Å². The van der Waals surface area contributed by atoms with E-state index in [9.17, 15) is 4.79 Å². The van der Waals surface area contributed by atoms with Crippen LogP contribution in [0.15, 0.2) is 18.2 Å². The molecule has 0 radical (unpaired) electrons. The Labute approximate surface area is 122 Å². The van der Waals surface area contributed by atoms with Gasteiger partial charge in [0.25, 0.3) is 0 Å². The zero-order valence-corrected chi connectivity index (χ0v) is 12.9. The third-order valence-corrected chi connectivity index (χ3v) is 2.68. The minimum Gasteiger partial charge on any atom is -0.489 e. The molecule has 0 aliphatic carbocycles.